The predicted molar refractivity (Wildman–Crippen MR) is 130 cm³/mol. The van der Waals surface area contributed by atoms with Gasteiger partial charge in [0, 0.05) is 50.1 Å². The van der Waals surface area contributed by atoms with Crippen molar-refractivity contribution in [1.82, 2.24) is 19.9 Å². The van der Waals surface area contributed by atoms with Gasteiger partial charge in [-0.15, -0.1) is 0 Å². The van der Waals surface area contributed by atoms with E-state index in [4.69, 9.17) is 0 Å². The monoisotopic (exact) mass is 443 g/mol. The van der Waals surface area contributed by atoms with Gasteiger partial charge in [-0.05, 0) is 48.9 Å². The maximum atomic E-state index is 12.4. The lowest BCUT2D eigenvalue weighted by atomic mass is 10.1. The maximum absolute atomic E-state index is 12.4. The second-order valence-electron chi connectivity index (χ2n) is 8.08. The van der Waals surface area contributed by atoms with Crippen LogP contribution in [-0.2, 0) is 24.7 Å². The van der Waals surface area contributed by atoms with Crippen LogP contribution < -0.4 is 10.6 Å². The van der Waals surface area contributed by atoms with E-state index in [1.807, 2.05) is 72.3 Å². The Morgan fingerprint density at radius 2 is 1.88 bits per heavy atom. The number of rotatable bonds is 10. The number of benzene rings is 2. The molecule has 7 heteroatoms. The molecular formula is C26H29N5O2. The number of aryl methyl sites for hydroxylation is 2. The standard InChI is InChI=1S/C26H29N5O2/c1-31-23-7-3-2-6-22(23)30-25(31)12-13-26(33)29-21-10-8-19(9-11-21)14-16-28-18-24(32)20-5-4-15-27-17-20/h2-11,15,17,24,28,32H,12-14,16,18H2,1H3,(H,29,33)/t24-/m0/s1. The summed E-state index contributed by atoms with van der Waals surface area (Å²) in [6, 6.07) is 19.5. The number of aliphatic hydroxyl groups is 1. The number of carbonyl (C=O) groups excluding carboxylic acids is 1. The van der Waals surface area contributed by atoms with E-state index >= 15 is 0 Å². The van der Waals surface area contributed by atoms with E-state index in [0.717, 1.165) is 46.6 Å². The number of amides is 1. The van der Waals surface area contributed by atoms with Gasteiger partial charge in [0.1, 0.15) is 5.82 Å². The van der Waals surface area contributed by atoms with Crippen LogP contribution in [0.4, 0.5) is 5.69 Å². The van der Waals surface area contributed by atoms with Gasteiger partial charge in [-0.2, -0.15) is 0 Å². The Morgan fingerprint density at radius 1 is 1.06 bits per heavy atom. The van der Waals surface area contributed by atoms with E-state index in [-0.39, 0.29) is 5.91 Å². The minimum Gasteiger partial charge on any atom is -0.387 e. The zero-order chi connectivity index (χ0) is 23.0. The van der Waals surface area contributed by atoms with Crippen molar-refractivity contribution in [3.63, 3.8) is 0 Å². The molecule has 0 radical (unpaired) electrons. The van der Waals surface area contributed by atoms with Crippen molar-refractivity contribution in [2.45, 2.75) is 25.4 Å². The minimum absolute atomic E-state index is 0.0270. The molecule has 0 fully saturated rings. The fraction of sp³-hybridized carbons (Fsp3) is 0.269. The van der Waals surface area contributed by atoms with Crippen molar-refractivity contribution >= 4 is 22.6 Å². The third kappa shape index (κ3) is 6.03. The van der Waals surface area contributed by atoms with Crippen LogP contribution in [0.15, 0.2) is 73.1 Å². The summed E-state index contributed by atoms with van der Waals surface area (Å²) >= 11 is 0. The Labute approximate surface area is 193 Å². The number of imidazole rings is 1. The SMILES string of the molecule is Cn1c(CCC(=O)Nc2ccc(CCNC[C@H](O)c3cccnc3)cc2)nc2ccccc21. The number of nitrogens with one attached hydrogen (secondary N) is 2. The molecule has 0 spiro atoms. The molecule has 170 valence electrons. The first-order valence-corrected chi connectivity index (χ1v) is 11.2. The van der Waals surface area contributed by atoms with Gasteiger partial charge in [-0.3, -0.25) is 9.78 Å². The van der Waals surface area contributed by atoms with Gasteiger partial charge in [-0.1, -0.05) is 30.3 Å². The van der Waals surface area contributed by atoms with Crippen molar-refractivity contribution in [3.8, 4) is 0 Å². The third-order valence-electron chi connectivity index (χ3n) is 5.69. The van der Waals surface area contributed by atoms with Gasteiger partial charge in [0.25, 0.3) is 0 Å². The Hall–Kier alpha value is -3.55. The van der Waals surface area contributed by atoms with E-state index in [2.05, 4.69) is 20.6 Å². The normalized spacial score (nSPS) is 12.1. The molecule has 2 aromatic heterocycles. The molecule has 0 unspecified atom stereocenters. The molecule has 2 aromatic carbocycles. The largest absolute Gasteiger partial charge is 0.387 e. The third-order valence-corrected chi connectivity index (χ3v) is 5.69. The number of fused-ring (bicyclic) bond motifs is 1. The summed E-state index contributed by atoms with van der Waals surface area (Å²) < 4.78 is 2.04. The van der Waals surface area contributed by atoms with Gasteiger partial charge in [-0.25, -0.2) is 4.98 Å². The summed E-state index contributed by atoms with van der Waals surface area (Å²) in [4.78, 5) is 21.1. The number of nitrogens with zero attached hydrogens (tertiary/aromatic N) is 3. The fourth-order valence-electron chi connectivity index (χ4n) is 3.79. The number of pyridine rings is 1. The molecule has 1 atom stereocenters. The number of hydrogen-bond donors (Lipinski definition) is 3. The Morgan fingerprint density at radius 3 is 2.64 bits per heavy atom. The van der Waals surface area contributed by atoms with Gasteiger partial charge >= 0.3 is 0 Å². The Kier molecular flexibility index (Phi) is 7.44. The van der Waals surface area contributed by atoms with Gasteiger partial charge in [0.2, 0.25) is 5.91 Å². The van der Waals surface area contributed by atoms with Crippen LogP contribution in [0.25, 0.3) is 11.0 Å². The number of aliphatic hydroxyl groups excluding tert-OH is 1. The number of anilines is 1. The summed E-state index contributed by atoms with van der Waals surface area (Å²) in [7, 11) is 1.98. The highest BCUT2D eigenvalue weighted by Gasteiger charge is 2.10. The van der Waals surface area contributed by atoms with Crippen molar-refractivity contribution in [1.29, 1.82) is 0 Å². The van der Waals surface area contributed by atoms with E-state index in [0.29, 0.717) is 19.4 Å². The molecule has 4 rings (SSSR count). The number of para-hydroxylation sites is 2. The second kappa shape index (κ2) is 10.8. The second-order valence-corrected chi connectivity index (χ2v) is 8.08. The lowest BCUT2D eigenvalue weighted by molar-refractivity contribution is -0.116. The highest BCUT2D eigenvalue weighted by atomic mass is 16.3. The number of aromatic nitrogens is 3. The molecule has 3 N–H and O–H groups in total. The van der Waals surface area contributed by atoms with E-state index in [9.17, 15) is 9.90 Å². The number of carbonyl (C=O) groups is 1. The molecule has 0 saturated carbocycles. The molecular weight excluding hydrogens is 414 g/mol. The molecule has 4 aromatic rings. The van der Waals surface area contributed by atoms with Crippen LogP contribution in [-0.4, -0.2) is 38.6 Å². The summed E-state index contributed by atoms with van der Waals surface area (Å²) in [6.45, 7) is 1.23. The Bertz CT molecular complexity index is 1190. The van der Waals surface area contributed by atoms with Crippen molar-refractivity contribution in [2.24, 2.45) is 7.05 Å². The van der Waals surface area contributed by atoms with Gasteiger partial charge < -0.3 is 20.3 Å². The summed E-state index contributed by atoms with van der Waals surface area (Å²) in [5.74, 6) is 0.878. The highest BCUT2D eigenvalue weighted by molar-refractivity contribution is 5.90. The van der Waals surface area contributed by atoms with Crippen LogP contribution in [0.5, 0.6) is 0 Å². The van der Waals surface area contributed by atoms with E-state index in [1.165, 1.54) is 0 Å². The maximum Gasteiger partial charge on any atom is 0.224 e. The van der Waals surface area contributed by atoms with Crippen LogP contribution in [0.1, 0.15) is 29.5 Å². The molecule has 0 saturated heterocycles. The molecule has 7 nitrogen and oxygen atoms in total. The van der Waals surface area contributed by atoms with Gasteiger partial charge in [0.05, 0.1) is 17.1 Å². The molecule has 0 aliphatic rings. The summed E-state index contributed by atoms with van der Waals surface area (Å²) in [6.07, 6.45) is 4.60. The average molecular weight is 444 g/mol. The first-order chi connectivity index (χ1) is 16.1. The van der Waals surface area contributed by atoms with Crippen molar-refractivity contribution < 1.29 is 9.90 Å². The lowest BCUT2D eigenvalue weighted by Gasteiger charge is -2.12. The highest BCUT2D eigenvalue weighted by Crippen LogP contribution is 2.16. The van der Waals surface area contributed by atoms with Crippen LogP contribution in [0.2, 0.25) is 0 Å². The topological polar surface area (TPSA) is 92.1 Å². The smallest absolute Gasteiger partial charge is 0.224 e. The molecule has 0 aliphatic carbocycles. The van der Waals surface area contributed by atoms with Crippen LogP contribution in [0.3, 0.4) is 0 Å². The summed E-state index contributed by atoms with van der Waals surface area (Å²) in [5, 5.41) is 16.4. The zero-order valence-electron chi connectivity index (χ0n) is 18.7. The predicted octanol–water partition coefficient (Wildman–Crippen LogP) is 3.41. The molecule has 0 aliphatic heterocycles. The van der Waals surface area contributed by atoms with E-state index < -0.39 is 6.10 Å². The molecule has 2 heterocycles. The number of hydrogen-bond acceptors (Lipinski definition) is 5. The molecule has 0 bridgehead atoms. The zero-order valence-corrected chi connectivity index (χ0v) is 18.7. The quantitative estimate of drug-likeness (QED) is 0.327. The van der Waals surface area contributed by atoms with Crippen LogP contribution in [0, 0.1) is 0 Å². The molecule has 1 amide bonds. The first kappa shape index (κ1) is 22.6. The van der Waals surface area contributed by atoms with Crippen LogP contribution >= 0.6 is 0 Å². The van der Waals surface area contributed by atoms with Crippen molar-refractivity contribution in [2.75, 3.05) is 18.4 Å². The summed E-state index contributed by atoms with van der Waals surface area (Å²) in [5.41, 5.74) is 4.78. The van der Waals surface area contributed by atoms with Crippen molar-refractivity contribution in [3.05, 3.63) is 90.0 Å². The fourth-order valence-corrected chi connectivity index (χ4v) is 3.79. The minimum atomic E-state index is -0.569. The van der Waals surface area contributed by atoms with Gasteiger partial charge in [0.15, 0.2) is 0 Å². The lowest BCUT2D eigenvalue weighted by Crippen LogP contribution is -2.23. The van der Waals surface area contributed by atoms with E-state index in [1.54, 1.807) is 12.4 Å². The Balaban J connectivity index is 1.19. The molecule has 33 heavy (non-hydrogen) atoms. The average Bonchev–Trinajstić information content (AvgIpc) is 3.17. The first-order valence-electron chi connectivity index (χ1n) is 11.2.